The molecule has 3 heterocycles. The lowest BCUT2D eigenvalue weighted by molar-refractivity contribution is -0.0240. The van der Waals surface area contributed by atoms with E-state index in [0.29, 0.717) is 26.2 Å². The molecule has 0 aromatic carbocycles. The highest BCUT2D eigenvalue weighted by Gasteiger charge is 2.26. The summed E-state index contributed by atoms with van der Waals surface area (Å²) in [5, 5.41) is 8.12. The number of carbonyl (C=O) groups excluding carboxylic acids is 1. The minimum atomic E-state index is -0.0892. The van der Waals surface area contributed by atoms with Crippen LogP contribution in [0, 0.1) is 6.92 Å². The fourth-order valence-corrected chi connectivity index (χ4v) is 3.32. The normalized spacial score (nSPS) is 19.6. The largest absolute Gasteiger partial charge is 0.373 e. The first-order valence-corrected chi connectivity index (χ1v) is 8.50. The van der Waals surface area contributed by atoms with Crippen LogP contribution >= 0.6 is 11.3 Å². The molecule has 2 atom stereocenters. The van der Waals surface area contributed by atoms with Crippen LogP contribution in [0.3, 0.4) is 0 Å². The molecular formula is C15H21N5O2S. The Labute approximate surface area is 139 Å². The van der Waals surface area contributed by atoms with Crippen LogP contribution < -0.4 is 5.32 Å². The Hall–Kier alpha value is -1.93. The Balaban J connectivity index is 1.54. The molecule has 3 rings (SSSR count). The van der Waals surface area contributed by atoms with Crippen molar-refractivity contribution in [3.05, 3.63) is 34.5 Å². The molecule has 0 saturated carbocycles. The van der Waals surface area contributed by atoms with Crippen LogP contribution in [0.25, 0.3) is 0 Å². The van der Waals surface area contributed by atoms with Crippen LogP contribution in [0.5, 0.6) is 0 Å². The predicted octanol–water partition coefficient (Wildman–Crippen LogP) is 1.82. The number of amides is 2. The maximum absolute atomic E-state index is 12.5. The SMILES string of the molecule is Cc1cnc(C(C)NC(=O)N2CCOC(Cn3cccn3)C2)s1. The van der Waals surface area contributed by atoms with E-state index in [1.165, 1.54) is 0 Å². The lowest BCUT2D eigenvalue weighted by atomic mass is 10.2. The average Bonchev–Trinajstić information content (AvgIpc) is 3.19. The van der Waals surface area contributed by atoms with Crippen molar-refractivity contribution in [3.8, 4) is 0 Å². The molecule has 1 N–H and O–H groups in total. The summed E-state index contributed by atoms with van der Waals surface area (Å²) in [7, 11) is 0. The average molecular weight is 335 g/mol. The number of hydrogen-bond acceptors (Lipinski definition) is 5. The van der Waals surface area contributed by atoms with Gasteiger partial charge in [0.15, 0.2) is 0 Å². The highest BCUT2D eigenvalue weighted by atomic mass is 32.1. The number of thiazole rings is 1. The lowest BCUT2D eigenvalue weighted by Crippen LogP contribution is -2.51. The van der Waals surface area contributed by atoms with E-state index >= 15 is 0 Å². The van der Waals surface area contributed by atoms with Crippen molar-refractivity contribution in [1.82, 2.24) is 25.0 Å². The highest BCUT2D eigenvalue weighted by Crippen LogP contribution is 2.19. The topological polar surface area (TPSA) is 72.3 Å². The smallest absolute Gasteiger partial charge is 0.318 e. The molecule has 0 spiro atoms. The molecule has 2 aromatic rings. The van der Waals surface area contributed by atoms with Gasteiger partial charge >= 0.3 is 6.03 Å². The maximum Gasteiger partial charge on any atom is 0.318 e. The van der Waals surface area contributed by atoms with Crippen molar-refractivity contribution in [3.63, 3.8) is 0 Å². The lowest BCUT2D eigenvalue weighted by Gasteiger charge is -2.33. The molecule has 1 aliphatic rings. The Morgan fingerprint density at radius 3 is 3.17 bits per heavy atom. The van der Waals surface area contributed by atoms with Gasteiger partial charge in [0.1, 0.15) is 5.01 Å². The fraction of sp³-hybridized carbons (Fsp3) is 0.533. The van der Waals surface area contributed by atoms with Gasteiger partial charge in [-0.3, -0.25) is 4.68 Å². The van der Waals surface area contributed by atoms with Crippen LogP contribution in [0.4, 0.5) is 4.79 Å². The second-order valence-corrected chi connectivity index (χ2v) is 6.91. The number of nitrogens with zero attached hydrogens (tertiary/aromatic N) is 4. The van der Waals surface area contributed by atoms with E-state index in [-0.39, 0.29) is 18.2 Å². The molecule has 1 saturated heterocycles. The molecule has 0 aliphatic carbocycles. The third-order valence-corrected chi connectivity index (χ3v) is 4.82. The van der Waals surface area contributed by atoms with Gasteiger partial charge in [-0.2, -0.15) is 5.10 Å². The molecule has 8 heteroatoms. The number of aromatic nitrogens is 3. The first-order chi connectivity index (χ1) is 11.1. The zero-order chi connectivity index (χ0) is 16.2. The molecule has 2 amide bonds. The number of carbonyl (C=O) groups is 1. The maximum atomic E-state index is 12.5. The van der Waals surface area contributed by atoms with Crippen LogP contribution in [-0.2, 0) is 11.3 Å². The van der Waals surface area contributed by atoms with Gasteiger partial charge in [0.25, 0.3) is 0 Å². The minimum Gasteiger partial charge on any atom is -0.373 e. The number of urea groups is 1. The van der Waals surface area contributed by atoms with Gasteiger partial charge in [0, 0.05) is 30.0 Å². The Morgan fingerprint density at radius 2 is 2.48 bits per heavy atom. The second kappa shape index (κ2) is 7.10. The van der Waals surface area contributed by atoms with Gasteiger partial charge in [-0.1, -0.05) is 0 Å². The van der Waals surface area contributed by atoms with Gasteiger partial charge in [-0.05, 0) is 19.9 Å². The van der Waals surface area contributed by atoms with E-state index in [9.17, 15) is 4.79 Å². The monoisotopic (exact) mass is 335 g/mol. The van der Waals surface area contributed by atoms with E-state index in [0.717, 1.165) is 9.88 Å². The zero-order valence-corrected chi connectivity index (χ0v) is 14.1. The van der Waals surface area contributed by atoms with Crippen LogP contribution in [0.2, 0.25) is 0 Å². The van der Waals surface area contributed by atoms with Crippen molar-refractivity contribution in [2.24, 2.45) is 0 Å². The Bertz CT molecular complexity index is 642. The van der Waals surface area contributed by atoms with E-state index in [1.807, 2.05) is 37.0 Å². The molecular weight excluding hydrogens is 314 g/mol. The molecule has 1 aliphatic heterocycles. The summed E-state index contributed by atoms with van der Waals surface area (Å²) in [6, 6.07) is 1.72. The Kier molecular flexibility index (Phi) is 4.92. The molecule has 1 fully saturated rings. The van der Waals surface area contributed by atoms with E-state index in [4.69, 9.17) is 4.74 Å². The number of rotatable bonds is 4. The summed E-state index contributed by atoms with van der Waals surface area (Å²) in [6.45, 7) is 6.33. The van der Waals surface area contributed by atoms with Gasteiger partial charge in [0.2, 0.25) is 0 Å². The molecule has 2 aromatic heterocycles. The van der Waals surface area contributed by atoms with Crippen molar-refractivity contribution < 1.29 is 9.53 Å². The summed E-state index contributed by atoms with van der Waals surface area (Å²) in [5.74, 6) is 0. The van der Waals surface area contributed by atoms with Gasteiger partial charge in [-0.15, -0.1) is 11.3 Å². The van der Waals surface area contributed by atoms with Crippen LogP contribution in [0.1, 0.15) is 22.9 Å². The third-order valence-electron chi connectivity index (χ3n) is 3.73. The van der Waals surface area contributed by atoms with Crippen LogP contribution in [-0.4, -0.2) is 51.5 Å². The number of aryl methyl sites for hydroxylation is 1. The van der Waals surface area contributed by atoms with Crippen molar-refractivity contribution in [2.45, 2.75) is 32.5 Å². The summed E-state index contributed by atoms with van der Waals surface area (Å²) < 4.78 is 7.56. The first kappa shape index (κ1) is 15.9. The summed E-state index contributed by atoms with van der Waals surface area (Å²) in [5.41, 5.74) is 0. The number of hydrogen-bond donors (Lipinski definition) is 1. The minimum absolute atomic E-state index is 0.0354. The number of morpholine rings is 1. The van der Waals surface area contributed by atoms with Crippen molar-refractivity contribution >= 4 is 17.4 Å². The second-order valence-electron chi connectivity index (χ2n) is 5.65. The molecule has 7 nitrogen and oxygen atoms in total. The molecule has 23 heavy (non-hydrogen) atoms. The predicted molar refractivity (Wildman–Crippen MR) is 87.3 cm³/mol. The van der Waals surface area contributed by atoms with E-state index in [1.54, 1.807) is 22.4 Å². The quantitative estimate of drug-likeness (QED) is 0.925. The van der Waals surface area contributed by atoms with Crippen molar-refractivity contribution in [1.29, 1.82) is 0 Å². The van der Waals surface area contributed by atoms with E-state index in [2.05, 4.69) is 15.4 Å². The van der Waals surface area contributed by atoms with Gasteiger partial charge < -0.3 is 15.0 Å². The van der Waals surface area contributed by atoms with Crippen molar-refractivity contribution in [2.75, 3.05) is 19.7 Å². The Morgan fingerprint density at radius 1 is 1.61 bits per heavy atom. The number of ether oxygens (including phenoxy) is 1. The summed E-state index contributed by atoms with van der Waals surface area (Å²) in [6.07, 6.45) is 5.43. The van der Waals surface area contributed by atoms with E-state index < -0.39 is 0 Å². The first-order valence-electron chi connectivity index (χ1n) is 7.68. The summed E-state index contributed by atoms with van der Waals surface area (Å²) in [4.78, 5) is 19.7. The van der Waals surface area contributed by atoms with Gasteiger partial charge in [0.05, 0.1) is 31.8 Å². The standard InChI is InChI=1S/C15H21N5O2S/c1-11-8-16-14(23-11)12(2)18-15(21)19-6-7-22-13(9-19)10-20-5-3-4-17-20/h3-5,8,12-13H,6-7,9-10H2,1-2H3,(H,18,21). The molecule has 2 unspecified atom stereocenters. The zero-order valence-electron chi connectivity index (χ0n) is 13.3. The fourth-order valence-electron chi connectivity index (χ4n) is 2.54. The number of nitrogens with one attached hydrogen (secondary N) is 1. The molecule has 124 valence electrons. The van der Waals surface area contributed by atoms with Crippen LogP contribution in [0.15, 0.2) is 24.7 Å². The molecule has 0 bridgehead atoms. The summed E-state index contributed by atoms with van der Waals surface area (Å²) >= 11 is 1.61. The third kappa shape index (κ3) is 4.08. The van der Waals surface area contributed by atoms with Gasteiger partial charge in [-0.25, -0.2) is 9.78 Å². The highest BCUT2D eigenvalue weighted by molar-refractivity contribution is 7.11. The molecule has 0 radical (unpaired) electrons.